The van der Waals surface area contributed by atoms with E-state index in [0.29, 0.717) is 24.4 Å². The van der Waals surface area contributed by atoms with Crippen LogP contribution >= 0.6 is 0 Å². The van der Waals surface area contributed by atoms with Crippen molar-refractivity contribution in [1.29, 1.82) is 0 Å². The van der Waals surface area contributed by atoms with Crippen molar-refractivity contribution in [3.8, 4) is 0 Å². The standard InChI is InChI=1S/C15H26N2O2/c1-4-8-17-13(18)9-12(14(17)19)16-11-6-5-7-15(2,3)10-11/h11-12,16H,4-10H2,1-3H3. The van der Waals surface area contributed by atoms with Crippen LogP contribution in [0, 0.1) is 5.41 Å². The number of amides is 2. The molecule has 0 aromatic carbocycles. The lowest BCUT2D eigenvalue weighted by Gasteiger charge is -2.36. The molecule has 2 unspecified atom stereocenters. The van der Waals surface area contributed by atoms with E-state index in [4.69, 9.17) is 0 Å². The number of imide groups is 1. The molecule has 2 rings (SSSR count). The molecular weight excluding hydrogens is 240 g/mol. The van der Waals surface area contributed by atoms with Gasteiger partial charge in [-0.1, -0.05) is 27.2 Å². The van der Waals surface area contributed by atoms with Gasteiger partial charge in [0.25, 0.3) is 0 Å². The molecule has 1 N–H and O–H groups in total. The lowest BCUT2D eigenvalue weighted by Crippen LogP contribution is -2.46. The van der Waals surface area contributed by atoms with Crippen LogP contribution < -0.4 is 5.32 Å². The molecular formula is C15H26N2O2. The highest BCUT2D eigenvalue weighted by atomic mass is 16.2. The number of carbonyl (C=O) groups is 2. The largest absolute Gasteiger partial charge is 0.303 e. The van der Waals surface area contributed by atoms with E-state index in [-0.39, 0.29) is 17.9 Å². The highest BCUT2D eigenvalue weighted by Crippen LogP contribution is 2.35. The van der Waals surface area contributed by atoms with Crippen LogP contribution in [0.4, 0.5) is 0 Å². The number of nitrogens with zero attached hydrogens (tertiary/aromatic N) is 1. The van der Waals surface area contributed by atoms with Gasteiger partial charge in [0, 0.05) is 12.6 Å². The van der Waals surface area contributed by atoms with Crippen LogP contribution in [0.25, 0.3) is 0 Å². The summed E-state index contributed by atoms with van der Waals surface area (Å²) in [6.45, 7) is 7.12. The van der Waals surface area contributed by atoms with Gasteiger partial charge < -0.3 is 5.32 Å². The van der Waals surface area contributed by atoms with Gasteiger partial charge in [0.2, 0.25) is 11.8 Å². The average molecular weight is 266 g/mol. The number of nitrogens with one attached hydrogen (secondary N) is 1. The molecule has 2 fully saturated rings. The van der Waals surface area contributed by atoms with Gasteiger partial charge in [-0.2, -0.15) is 0 Å². The van der Waals surface area contributed by atoms with E-state index in [1.807, 2.05) is 6.92 Å². The van der Waals surface area contributed by atoms with Crippen molar-refractivity contribution in [2.24, 2.45) is 5.41 Å². The highest BCUT2D eigenvalue weighted by molar-refractivity contribution is 6.05. The zero-order chi connectivity index (χ0) is 14.0. The van der Waals surface area contributed by atoms with Crippen LogP contribution in [-0.4, -0.2) is 35.3 Å². The zero-order valence-electron chi connectivity index (χ0n) is 12.4. The molecule has 0 spiro atoms. The molecule has 2 atom stereocenters. The number of carbonyl (C=O) groups excluding carboxylic acids is 2. The minimum absolute atomic E-state index is 0.0144. The third kappa shape index (κ3) is 3.35. The summed E-state index contributed by atoms with van der Waals surface area (Å²) < 4.78 is 0. The molecule has 0 radical (unpaired) electrons. The monoisotopic (exact) mass is 266 g/mol. The van der Waals surface area contributed by atoms with Crippen LogP contribution in [0.3, 0.4) is 0 Å². The van der Waals surface area contributed by atoms with E-state index < -0.39 is 0 Å². The van der Waals surface area contributed by atoms with Crippen molar-refractivity contribution >= 4 is 11.8 Å². The SMILES string of the molecule is CCCN1C(=O)CC(NC2CCCC(C)(C)C2)C1=O. The predicted octanol–water partition coefficient (Wildman–Crippen LogP) is 2.08. The van der Waals surface area contributed by atoms with Crippen molar-refractivity contribution in [2.75, 3.05) is 6.54 Å². The first-order valence-corrected chi connectivity index (χ1v) is 7.53. The Bertz CT molecular complexity index is 365. The van der Waals surface area contributed by atoms with Gasteiger partial charge in [0.05, 0.1) is 12.5 Å². The summed E-state index contributed by atoms with van der Waals surface area (Å²) in [5, 5.41) is 3.43. The molecule has 108 valence electrons. The molecule has 19 heavy (non-hydrogen) atoms. The zero-order valence-corrected chi connectivity index (χ0v) is 12.4. The second kappa shape index (κ2) is 5.61. The molecule has 1 aliphatic heterocycles. The van der Waals surface area contributed by atoms with E-state index in [1.54, 1.807) is 0 Å². The summed E-state index contributed by atoms with van der Waals surface area (Å²) in [5.74, 6) is -0.0327. The normalized spacial score (nSPS) is 31.0. The maximum absolute atomic E-state index is 12.2. The first-order chi connectivity index (χ1) is 8.93. The maximum atomic E-state index is 12.2. The van der Waals surface area contributed by atoms with Crippen molar-refractivity contribution < 1.29 is 9.59 Å². The van der Waals surface area contributed by atoms with E-state index in [0.717, 1.165) is 19.3 Å². The fourth-order valence-corrected chi connectivity index (χ4v) is 3.40. The lowest BCUT2D eigenvalue weighted by atomic mass is 9.75. The first kappa shape index (κ1) is 14.5. The Morgan fingerprint density at radius 2 is 2.11 bits per heavy atom. The van der Waals surface area contributed by atoms with Gasteiger partial charge in [0.1, 0.15) is 0 Å². The Balaban J connectivity index is 1.93. The number of rotatable bonds is 4. The molecule has 1 heterocycles. The Kier molecular flexibility index (Phi) is 4.29. The molecule has 0 aromatic heterocycles. The second-order valence-electron chi connectivity index (χ2n) is 6.76. The van der Waals surface area contributed by atoms with Crippen LogP contribution in [-0.2, 0) is 9.59 Å². The van der Waals surface area contributed by atoms with Gasteiger partial charge in [0.15, 0.2) is 0 Å². The van der Waals surface area contributed by atoms with Crippen molar-refractivity contribution in [3.63, 3.8) is 0 Å². The topological polar surface area (TPSA) is 49.4 Å². The number of hydrogen-bond donors (Lipinski definition) is 1. The summed E-state index contributed by atoms with van der Waals surface area (Å²) in [6, 6.07) is 0.102. The molecule has 4 nitrogen and oxygen atoms in total. The summed E-state index contributed by atoms with van der Waals surface area (Å²) in [7, 11) is 0. The van der Waals surface area contributed by atoms with E-state index in [9.17, 15) is 9.59 Å². The summed E-state index contributed by atoms with van der Waals surface area (Å²) in [4.78, 5) is 25.4. The Morgan fingerprint density at radius 1 is 1.37 bits per heavy atom. The van der Waals surface area contributed by atoms with Gasteiger partial charge in [-0.25, -0.2) is 0 Å². The molecule has 1 saturated heterocycles. The van der Waals surface area contributed by atoms with Crippen LogP contribution in [0.1, 0.15) is 59.3 Å². The van der Waals surface area contributed by atoms with Gasteiger partial charge in [-0.3, -0.25) is 14.5 Å². The van der Waals surface area contributed by atoms with E-state index in [1.165, 1.54) is 17.7 Å². The van der Waals surface area contributed by atoms with Crippen molar-refractivity contribution in [2.45, 2.75) is 71.4 Å². The van der Waals surface area contributed by atoms with Gasteiger partial charge in [-0.05, 0) is 31.1 Å². The molecule has 4 heteroatoms. The summed E-state index contributed by atoms with van der Waals surface area (Å²) in [6.07, 6.45) is 5.85. The fourth-order valence-electron chi connectivity index (χ4n) is 3.40. The molecule has 2 aliphatic rings. The minimum atomic E-state index is -0.280. The molecule has 1 saturated carbocycles. The van der Waals surface area contributed by atoms with E-state index in [2.05, 4.69) is 19.2 Å². The Labute approximate surface area is 115 Å². The number of likely N-dealkylation sites (tertiary alicyclic amines) is 1. The third-order valence-corrected chi connectivity index (χ3v) is 4.33. The second-order valence-corrected chi connectivity index (χ2v) is 6.76. The molecule has 0 bridgehead atoms. The average Bonchev–Trinajstić information content (AvgIpc) is 2.56. The predicted molar refractivity (Wildman–Crippen MR) is 74.6 cm³/mol. The highest BCUT2D eigenvalue weighted by Gasteiger charge is 2.40. The van der Waals surface area contributed by atoms with E-state index >= 15 is 0 Å². The summed E-state index contributed by atoms with van der Waals surface area (Å²) >= 11 is 0. The molecule has 1 aliphatic carbocycles. The van der Waals surface area contributed by atoms with Crippen LogP contribution in [0.15, 0.2) is 0 Å². The van der Waals surface area contributed by atoms with Crippen LogP contribution in [0.2, 0.25) is 0 Å². The van der Waals surface area contributed by atoms with Crippen molar-refractivity contribution in [3.05, 3.63) is 0 Å². The Morgan fingerprint density at radius 3 is 2.74 bits per heavy atom. The Hall–Kier alpha value is -0.900. The fraction of sp³-hybridized carbons (Fsp3) is 0.867. The minimum Gasteiger partial charge on any atom is -0.303 e. The first-order valence-electron chi connectivity index (χ1n) is 7.53. The third-order valence-electron chi connectivity index (χ3n) is 4.33. The molecule has 2 amide bonds. The lowest BCUT2D eigenvalue weighted by molar-refractivity contribution is -0.138. The van der Waals surface area contributed by atoms with Gasteiger partial charge >= 0.3 is 0 Å². The van der Waals surface area contributed by atoms with Gasteiger partial charge in [-0.15, -0.1) is 0 Å². The number of hydrogen-bond acceptors (Lipinski definition) is 3. The van der Waals surface area contributed by atoms with Crippen LogP contribution in [0.5, 0.6) is 0 Å². The smallest absolute Gasteiger partial charge is 0.246 e. The maximum Gasteiger partial charge on any atom is 0.246 e. The summed E-state index contributed by atoms with van der Waals surface area (Å²) in [5.41, 5.74) is 0.352. The molecule has 0 aromatic rings. The van der Waals surface area contributed by atoms with Crippen molar-refractivity contribution in [1.82, 2.24) is 10.2 Å². The quantitative estimate of drug-likeness (QED) is 0.793.